The van der Waals surface area contributed by atoms with E-state index in [1.807, 2.05) is 72.8 Å². The fourth-order valence-electron chi connectivity index (χ4n) is 6.66. The third kappa shape index (κ3) is 7.85. The summed E-state index contributed by atoms with van der Waals surface area (Å²) in [6, 6.07) is 49.3. The zero-order valence-corrected chi connectivity index (χ0v) is 30.5. The monoisotopic (exact) mass is 724 g/mol. The van der Waals surface area contributed by atoms with Crippen LogP contribution in [0.3, 0.4) is 0 Å². The van der Waals surface area contributed by atoms with E-state index < -0.39 is 0 Å². The van der Waals surface area contributed by atoms with Crippen LogP contribution in [0.4, 0.5) is 0 Å². The van der Waals surface area contributed by atoms with Gasteiger partial charge in [-0.05, 0) is 95.1 Å². The predicted octanol–water partition coefficient (Wildman–Crippen LogP) is 8.73. The third-order valence-corrected chi connectivity index (χ3v) is 9.56. The Kier molecular flexibility index (Phi) is 9.65. The Bertz CT molecular complexity index is 2380. The van der Waals surface area contributed by atoms with E-state index in [2.05, 4.69) is 127 Å². The maximum atomic E-state index is 4.91. The number of nitrogens with zero attached hydrogens (tertiary/aromatic N) is 8. The molecule has 0 saturated heterocycles. The molecule has 0 spiro atoms. The van der Waals surface area contributed by atoms with Gasteiger partial charge in [0.05, 0.1) is 45.6 Å². The molecule has 0 fully saturated rings. The van der Waals surface area contributed by atoms with Gasteiger partial charge in [-0.3, -0.25) is 19.9 Å². The van der Waals surface area contributed by atoms with Crippen LogP contribution in [0.2, 0.25) is 0 Å². The summed E-state index contributed by atoms with van der Waals surface area (Å²) in [6.45, 7) is 1.54. The van der Waals surface area contributed by atoms with Crippen LogP contribution in [0.15, 0.2) is 195 Å². The Labute approximate surface area is 325 Å². The van der Waals surface area contributed by atoms with E-state index in [0.717, 1.165) is 80.9 Å². The second kappa shape index (κ2) is 15.8. The average Bonchev–Trinajstić information content (AvgIpc) is 3.28. The summed E-state index contributed by atoms with van der Waals surface area (Å²) in [5, 5.41) is 0. The SMILES string of the molecule is c1ccc(-c2cc(-c3cc[n+](Cc4ccc(C[n+]5ccc(-c6cc(-c7ccccn7)nc(-c7ccccn7)c6)cc5)cc4)cc3)cc(-c3ccccn3)n2)nc1. The number of rotatable bonds is 10. The lowest BCUT2D eigenvalue weighted by atomic mass is 10.0. The van der Waals surface area contributed by atoms with Crippen molar-refractivity contribution in [2.45, 2.75) is 13.1 Å². The summed E-state index contributed by atoms with van der Waals surface area (Å²) in [5.74, 6) is 0. The van der Waals surface area contributed by atoms with Crippen molar-refractivity contribution in [3.63, 3.8) is 0 Å². The molecular formula is C48H36N8+2. The number of pyridine rings is 8. The van der Waals surface area contributed by atoms with Gasteiger partial charge < -0.3 is 0 Å². The van der Waals surface area contributed by atoms with Gasteiger partial charge in [-0.25, -0.2) is 19.1 Å². The molecule has 266 valence electrons. The lowest BCUT2D eigenvalue weighted by Crippen LogP contribution is -2.33. The van der Waals surface area contributed by atoms with E-state index in [9.17, 15) is 0 Å². The first-order valence-corrected chi connectivity index (χ1v) is 18.5. The van der Waals surface area contributed by atoms with E-state index >= 15 is 0 Å². The molecule has 9 rings (SSSR count). The van der Waals surface area contributed by atoms with Gasteiger partial charge >= 0.3 is 0 Å². The lowest BCUT2D eigenvalue weighted by molar-refractivity contribution is -0.688. The first kappa shape index (κ1) is 34.2. The molecule has 0 aliphatic rings. The van der Waals surface area contributed by atoms with E-state index in [1.54, 1.807) is 24.8 Å². The summed E-state index contributed by atoms with van der Waals surface area (Å²) < 4.78 is 4.40. The molecule has 8 aromatic heterocycles. The minimum Gasteiger partial charge on any atom is -0.255 e. The first-order valence-electron chi connectivity index (χ1n) is 18.5. The van der Waals surface area contributed by atoms with Crippen LogP contribution in [-0.2, 0) is 13.1 Å². The zero-order chi connectivity index (χ0) is 37.5. The second-order valence-corrected chi connectivity index (χ2v) is 13.4. The van der Waals surface area contributed by atoms with Crippen LogP contribution in [0.25, 0.3) is 67.8 Å². The topological polar surface area (TPSA) is 85.1 Å². The molecule has 56 heavy (non-hydrogen) atoms. The van der Waals surface area contributed by atoms with Crippen LogP contribution >= 0.6 is 0 Å². The van der Waals surface area contributed by atoms with Gasteiger partial charge in [0.25, 0.3) is 0 Å². The predicted molar refractivity (Wildman–Crippen MR) is 217 cm³/mol. The van der Waals surface area contributed by atoms with Gasteiger partial charge in [0.2, 0.25) is 0 Å². The van der Waals surface area contributed by atoms with Crippen molar-refractivity contribution < 1.29 is 9.13 Å². The Morgan fingerprint density at radius 2 is 0.607 bits per heavy atom. The Morgan fingerprint density at radius 3 is 0.875 bits per heavy atom. The highest BCUT2D eigenvalue weighted by Gasteiger charge is 2.14. The number of hydrogen-bond donors (Lipinski definition) is 0. The normalized spacial score (nSPS) is 11.0. The van der Waals surface area contributed by atoms with E-state index in [0.29, 0.717) is 0 Å². The molecule has 0 N–H and O–H groups in total. The fourth-order valence-corrected chi connectivity index (χ4v) is 6.66. The van der Waals surface area contributed by atoms with Crippen LogP contribution in [0.1, 0.15) is 11.1 Å². The Morgan fingerprint density at radius 1 is 0.304 bits per heavy atom. The van der Waals surface area contributed by atoms with Crippen LogP contribution < -0.4 is 9.13 Å². The molecular weight excluding hydrogens is 689 g/mol. The highest BCUT2D eigenvalue weighted by atomic mass is 14.9. The average molecular weight is 725 g/mol. The highest BCUT2D eigenvalue weighted by Crippen LogP contribution is 2.30. The summed E-state index contributed by atoms with van der Waals surface area (Å²) in [6.07, 6.45) is 15.7. The standard InChI is InChI=1S/C48H36N8/c1-5-21-49-41(9-1)45-29-39(30-46(53-45)42-10-2-6-22-50-42)37-17-25-55(26-18-37)33-35-13-15-36(16-14-35)34-56-27-19-38(20-28-56)40-31-47(43-11-3-7-23-51-43)54-48(32-40)44-12-4-8-24-52-44/h1-32H,33-34H2/q+2. The van der Waals surface area contributed by atoms with Crippen molar-refractivity contribution in [2.24, 2.45) is 0 Å². The van der Waals surface area contributed by atoms with E-state index in [4.69, 9.17) is 9.97 Å². The Balaban J connectivity index is 0.891. The maximum absolute atomic E-state index is 4.91. The molecule has 8 heterocycles. The molecule has 9 aromatic rings. The van der Waals surface area contributed by atoms with Gasteiger partial charge in [0.1, 0.15) is 0 Å². The van der Waals surface area contributed by atoms with Crippen LogP contribution in [-0.4, -0.2) is 29.9 Å². The van der Waals surface area contributed by atoms with Crippen molar-refractivity contribution in [1.29, 1.82) is 0 Å². The third-order valence-electron chi connectivity index (χ3n) is 9.56. The van der Waals surface area contributed by atoms with Crippen molar-refractivity contribution >= 4 is 0 Å². The minimum absolute atomic E-state index is 0.768. The van der Waals surface area contributed by atoms with E-state index in [-0.39, 0.29) is 0 Å². The van der Waals surface area contributed by atoms with Gasteiger partial charge in [0, 0.05) is 60.2 Å². The molecule has 0 radical (unpaired) electrons. The van der Waals surface area contributed by atoms with Crippen molar-refractivity contribution in [2.75, 3.05) is 0 Å². The highest BCUT2D eigenvalue weighted by molar-refractivity contribution is 5.75. The molecule has 0 aliphatic heterocycles. The van der Waals surface area contributed by atoms with Gasteiger partial charge in [-0.2, -0.15) is 0 Å². The van der Waals surface area contributed by atoms with Crippen LogP contribution in [0, 0.1) is 0 Å². The molecule has 0 bridgehead atoms. The second-order valence-electron chi connectivity index (χ2n) is 13.4. The van der Waals surface area contributed by atoms with Gasteiger partial charge in [-0.1, -0.05) is 48.5 Å². The molecule has 8 nitrogen and oxygen atoms in total. The Hall–Kier alpha value is -7.58. The molecule has 8 heteroatoms. The maximum Gasteiger partial charge on any atom is 0.173 e. The van der Waals surface area contributed by atoms with Gasteiger partial charge in [0.15, 0.2) is 37.9 Å². The summed E-state index contributed by atoms with van der Waals surface area (Å²) in [5.41, 5.74) is 13.3. The fraction of sp³-hybridized carbons (Fsp3) is 0.0417. The largest absolute Gasteiger partial charge is 0.255 e. The van der Waals surface area contributed by atoms with Crippen molar-refractivity contribution in [3.05, 3.63) is 206 Å². The van der Waals surface area contributed by atoms with Crippen molar-refractivity contribution in [1.82, 2.24) is 29.9 Å². The number of aromatic nitrogens is 8. The zero-order valence-electron chi connectivity index (χ0n) is 30.5. The summed E-state index contributed by atoms with van der Waals surface area (Å²) >= 11 is 0. The quantitative estimate of drug-likeness (QED) is 0.131. The molecule has 1 aromatic carbocycles. The smallest absolute Gasteiger partial charge is 0.173 e. The minimum atomic E-state index is 0.768. The van der Waals surface area contributed by atoms with Crippen LogP contribution in [0.5, 0.6) is 0 Å². The molecule has 0 unspecified atom stereocenters. The molecule has 0 atom stereocenters. The van der Waals surface area contributed by atoms with Crippen molar-refractivity contribution in [3.8, 4) is 67.8 Å². The molecule has 0 saturated carbocycles. The van der Waals surface area contributed by atoms with E-state index in [1.165, 1.54) is 11.1 Å². The lowest BCUT2D eigenvalue weighted by Gasteiger charge is -2.09. The number of benzene rings is 1. The summed E-state index contributed by atoms with van der Waals surface area (Å²) in [4.78, 5) is 28.0. The molecule has 0 aliphatic carbocycles. The number of hydrogen-bond acceptors (Lipinski definition) is 6. The van der Waals surface area contributed by atoms with Gasteiger partial charge in [-0.15, -0.1) is 0 Å². The first-order chi connectivity index (χ1) is 27.7. The summed E-state index contributed by atoms with van der Waals surface area (Å²) in [7, 11) is 0. The molecule has 0 amide bonds.